The molecule has 3 aliphatic rings. The predicted octanol–water partition coefficient (Wildman–Crippen LogP) is 2.91. The van der Waals surface area contributed by atoms with E-state index in [4.69, 9.17) is 0 Å². The largest absolute Gasteiger partial charge is 0.352 e. The minimum absolute atomic E-state index is 0.113. The van der Waals surface area contributed by atoms with Gasteiger partial charge in [0.1, 0.15) is 0 Å². The Morgan fingerprint density at radius 1 is 0.920 bits per heavy atom. The summed E-state index contributed by atoms with van der Waals surface area (Å²) in [5.74, 6) is 1.58. The van der Waals surface area contributed by atoms with Gasteiger partial charge in [0, 0.05) is 38.1 Å². The van der Waals surface area contributed by atoms with E-state index in [2.05, 4.69) is 32.5 Å². The molecular formula is C19H29N5O. The average molecular weight is 343 g/mol. The summed E-state index contributed by atoms with van der Waals surface area (Å²) in [5.41, 5.74) is 1.13. The number of nitrogens with one attached hydrogen (secondary N) is 1. The molecule has 0 bridgehead atoms. The number of urea groups is 1. The molecule has 2 aliphatic carbocycles. The number of hydrogen-bond acceptors (Lipinski definition) is 4. The summed E-state index contributed by atoms with van der Waals surface area (Å²) in [4.78, 5) is 16.7. The van der Waals surface area contributed by atoms with Crippen LogP contribution in [0.5, 0.6) is 0 Å². The lowest BCUT2D eigenvalue weighted by atomic mass is 10.1. The fourth-order valence-electron chi connectivity index (χ4n) is 3.93. The second-order valence-electron chi connectivity index (χ2n) is 7.70. The number of amides is 2. The summed E-state index contributed by atoms with van der Waals surface area (Å²) in [6.07, 6.45) is 9.88. The molecule has 3 fully saturated rings. The zero-order chi connectivity index (χ0) is 17.1. The molecule has 0 unspecified atom stereocenters. The van der Waals surface area contributed by atoms with E-state index in [0.717, 1.165) is 50.5 Å². The Morgan fingerprint density at radius 2 is 1.64 bits per heavy atom. The maximum Gasteiger partial charge on any atom is 0.317 e. The molecule has 4 rings (SSSR count). The highest BCUT2D eigenvalue weighted by Gasteiger charge is 2.27. The highest BCUT2D eigenvalue weighted by Crippen LogP contribution is 2.38. The van der Waals surface area contributed by atoms with Crippen LogP contribution in [0.25, 0.3) is 0 Å². The molecule has 2 amide bonds. The number of aromatic nitrogens is 2. The molecule has 6 nitrogen and oxygen atoms in total. The molecule has 1 aliphatic heterocycles. The first-order valence-electron chi connectivity index (χ1n) is 9.93. The second-order valence-corrected chi connectivity index (χ2v) is 7.70. The van der Waals surface area contributed by atoms with Crippen LogP contribution in [-0.2, 0) is 0 Å². The quantitative estimate of drug-likeness (QED) is 0.857. The van der Waals surface area contributed by atoms with Crippen LogP contribution in [0, 0.1) is 0 Å². The fraction of sp³-hybridized carbons (Fsp3) is 0.737. The number of anilines is 1. The van der Waals surface area contributed by atoms with Gasteiger partial charge in [0.25, 0.3) is 0 Å². The Bertz CT molecular complexity index is 570. The van der Waals surface area contributed by atoms with Crippen molar-refractivity contribution in [2.45, 2.75) is 63.3 Å². The summed E-state index contributed by atoms with van der Waals surface area (Å²) < 4.78 is 0. The van der Waals surface area contributed by atoms with Crippen molar-refractivity contribution in [2.24, 2.45) is 0 Å². The van der Waals surface area contributed by atoms with Gasteiger partial charge in [-0.25, -0.2) is 4.79 Å². The van der Waals surface area contributed by atoms with Crippen LogP contribution >= 0.6 is 0 Å². The van der Waals surface area contributed by atoms with Gasteiger partial charge in [-0.15, -0.1) is 5.10 Å². The third-order valence-electron chi connectivity index (χ3n) is 5.74. The van der Waals surface area contributed by atoms with E-state index in [1.165, 1.54) is 38.5 Å². The van der Waals surface area contributed by atoms with Gasteiger partial charge in [-0.3, -0.25) is 0 Å². The summed E-state index contributed by atoms with van der Waals surface area (Å²) in [6.45, 7) is 3.17. The first-order chi connectivity index (χ1) is 12.3. The number of carbonyl (C=O) groups excluding carboxylic acids is 1. The summed E-state index contributed by atoms with van der Waals surface area (Å²) in [5, 5.41) is 12.0. The topological polar surface area (TPSA) is 61.4 Å². The molecule has 1 N–H and O–H groups in total. The fourth-order valence-corrected chi connectivity index (χ4v) is 3.93. The SMILES string of the molecule is O=C(NC1CCCCCC1)N1CCN(c2ccc(C3CC3)nn2)CC1. The van der Waals surface area contributed by atoms with Gasteiger partial charge in [-0.2, -0.15) is 5.10 Å². The van der Waals surface area contributed by atoms with Gasteiger partial charge in [0.15, 0.2) is 5.82 Å². The van der Waals surface area contributed by atoms with Crippen molar-refractivity contribution in [3.63, 3.8) is 0 Å². The van der Waals surface area contributed by atoms with E-state index in [1.807, 2.05) is 4.90 Å². The van der Waals surface area contributed by atoms with Gasteiger partial charge < -0.3 is 15.1 Å². The minimum Gasteiger partial charge on any atom is -0.352 e. The van der Waals surface area contributed by atoms with E-state index in [1.54, 1.807) is 0 Å². The number of piperazine rings is 1. The molecule has 136 valence electrons. The maximum absolute atomic E-state index is 12.5. The lowest BCUT2D eigenvalue weighted by Gasteiger charge is -2.36. The Kier molecular flexibility index (Phi) is 5.04. The average Bonchev–Trinajstić information content (AvgIpc) is 3.50. The van der Waals surface area contributed by atoms with E-state index in [0.29, 0.717) is 12.0 Å². The van der Waals surface area contributed by atoms with E-state index >= 15 is 0 Å². The van der Waals surface area contributed by atoms with E-state index in [-0.39, 0.29) is 6.03 Å². The van der Waals surface area contributed by atoms with Crippen LogP contribution in [-0.4, -0.2) is 53.3 Å². The first kappa shape index (κ1) is 16.6. The lowest BCUT2D eigenvalue weighted by Crippen LogP contribution is -2.53. The highest BCUT2D eigenvalue weighted by molar-refractivity contribution is 5.74. The molecule has 2 heterocycles. The van der Waals surface area contributed by atoms with Gasteiger partial charge in [0.2, 0.25) is 0 Å². The van der Waals surface area contributed by atoms with Crippen LogP contribution in [0.1, 0.15) is 63.0 Å². The van der Waals surface area contributed by atoms with Gasteiger partial charge in [-0.1, -0.05) is 25.7 Å². The summed E-state index contributed by atoms with van der Waals surface area (Å²) in [6, 6.07) is 4.68. The molecule has 6 heteroatoms. The van der Waals surface area contributed by atoms with Crippen molar-refractivity contribution in [3.8, 4) is 0 Å². The molecule has 0 spiro atoms. The van der Waals surface area contributed by atoms with Crippen molar-refractivity contribution < 1.29 is 4.79 Å². The van der Waals surface area contributed by atoms with E-state index < -0.39 is 0 Å². The van der Waals surface area contributed by atoms with Crippen LogP contribution in [0.2, 0.25) is 0 Å². The smallest absolute Gasteiger partial charge is 0.317 e. The third kappa shape index (κ3) is 4.22. The van der Waals surface area contributed by atoms with Crippen LogP contribution in [0.3, 0.4) is 0 Å². The highest BCUT2D eigenvalue weighted by atomic mass is 16.2. The molecule has 0 aromatic carbocycles. The number of nitrogens with zero attached hydrogens (tertiary/aromatic N) is 4. The van der Waals surface area contributed by atoms with Gasteiger partial charge in [-0.05, 0) is 37.8 Å². The van der Waals surface area contributed by atoms with Crippen molar-refractivity contribution in [1.82, 2.24) is 20.4 Å². The molecule has 0 atom stereocenters. The molecular weight excluding hydrogens is 314 g/mol. The minimum atomic E-state index is 0.113. The van der Waals surface area contributed by atoms with E-state index in [9.17, 15) is 4.79 Å². The number of rotatable bonds is 3. The lowest BCUT2D eigenvalue weighted by molar-refractivity contribution is 0.189. The van der Waals surface area contributed by atoms with Crippen LogP contribution < -0.4 is 10.2 Å². The zero-order valence-corrected chi connectivity index (χ0v) is 15.0. The molecule has 25 heavy (non-hydrogen) atoms. The Hall–Kier alpha value is -1.85. The number of hydrogen-bond donors (Lipinski definition) is 1. The van der Waals surface area contributed by atoms with Crippen LogP contribution in [0.4, 0.5) is 10.6 Å². The van der Waals surface area contributed by atoms with Gasteiger partial charge in [0.05, 0.1) is 5.69 Å². The molecule has 1 saturated heterocycles. The molecule has 0 radical (unpaired) electrons. The normalized spacial score (nSPS) is 22.6. The van der Waals surface area contributed by atoms with Crippen molar-refractivity contribution in [3.05, 3.63) is 17.8 Å². The standard InChI is InChI=1S/C19H29N5O/c25-19(20-16-5-3-1-2-4-6-16)24-13-11-23(12-14-24)18-10-9-17(21-22-18)15-7-8-15/h9-10,15-16H,1-8,11-14H2,(H,20,25). The Balaban J connectivity index is 1.26. The summed E-state index contributed by atoms with van der Waals surface area (Å²) >= 11 is 0. The zero-order valence-electron chi connectivity index (χ0n) is 15.0. The molecule has 1 aromatic rings. The maximum atomic E-state index is 12.5. The van der Waals surface area contributed by atoms with Crippen molar-refractivity contribution in [1.29, 1.82) is 0 Å². The molecule has 2 saturated carbocycles. The first-order valence-corrected chi connectivity index (χ1v) is 9.93. The predicted molar refractivity (Wildman–Crippen MR) is 97.8 cm³/mol. The second kappa shape index (κ2) is 7.58. The number of carbonyl (C=O) groups is 1. The monoisotopic (exact) mass is 343 g/mol. The summed E-state index contributed by atoms with van der Waals surface area (Å²) in [7, 11) is 0. The van der Waals surface area contributed by atoms with Crippen LogP contribution in [0.15, 0.2) is 12.1 Å². The Labute approximate surface area is 150 Å². The molecule has 1 aromatic heterocycles. The van der Waals surface area contributed by atoms with Gasteiger partial charge >= 0.3 is 6.03 Å². The van der Waals surface area contributed by atoms with Crippen molar-refractivity contribution >= 4 is 11.8 Å². The van der Waals surface area contributed by atoms with Crippen molar-refractivity contribution in [2.75, 3.05) is 31.1 Å². The Morgan fingerprint density at radius 3 is 2.24 bits per heavy atom. The third-order valence-corrected chi connectivity index (χ3v) is 5.74.